The lowest BCUT2D eigenvalue weighted by molar-refractivity contribution is 0.0745. The van der Waals surface area contributed by atoms with Gasteiger partial charge in [0.05, 0.1) is 0 Å². The summed E-state index contributed by atoms with van der Waals surface area (Å²) in [6.45, 7) is 10.4. The SMILES string of the molecule is Cc1cc(C(=O)N2CCN(c3nc4nc(Cl)ccc4o3)CC2)ccc1-c1nnc(C(C)(C)C)o1. The maximum absolute atomic E-state index is 13.1. The van der Waals surface area contributed by atoms with Crippen molar-refractivity contribution in [2.24, 2.45) is 0 Å². The fourth-order valence-corrected chi connectivity index (χ4v) is 4.02. The van der Waals surface area contributed by atoms with Gasteiger partial charge in [-0.1, -0.05) is 32.4 Å². The number of amides is 1. The van der Waals surface area contributed by atoms with E-state index in [-0.39, 0.29) is 11.3 Å². The number of carbonyl (C=O) groups excluding carboxylic acids is 1. The van der Waals surface area contributed by atoms with Gasteiger partial charge in [0.2, 0.25) is 17.4 Å². The minimum absolute atomic E-state index is 0.0128. The van der Waals surface area contributed by atoms with Crippen molar-refractivity contribution >= 4 is 34.8 Å². The van der Waals surface area contributed by atoms with Crippen LogP contribution in [0.1, 0.15) is 42.6 Å². The lowest BCUT2D eigenvalue weighted by atomic mass is 9.97. The number of aryl methyl sites for hydroxylation is 1. The van der Waals surface area contributed by atoms with Crippen LogP contribution in [0.25, 0.3) is 22.7 Å². The second kappa shape index (κ2) is 8.39. The summed E-state index contributed by atoms with van der Waals surface area (Å²) in [5, 5.41) is 8.73. The summed E-state index contributed by atoms with van der Waals surface area (Å²) in [5.74, 6) is 1.03. The lowest BCUT2D eigenvalue weighted by Crippen LogP contribution is -2.48. The van der Waals surface area contributed by atoms with E-state index in [1.165, 1.54) is 0 Å². The molecule has 1 amide bonds. The summed E-state index contributed by atoms with van der Waals surface area (Å²) in [7, 11) is 0. The van der Waals surface area contributed by atoms with Crippen LogP contribution in [-0.2, 0) is 5.41 Å². The summed E-state index contributed by atoms with van der Waals surface area (Å²) < 4.78 is 11.7. The van der Waals surface area contributed by atoms with Crippen LogP contribution in [0.2, 0.25) is 5.15 Å². The van der Waals surface area contributed by atoms with E-state index in [4.69, 9.17) is 20.4 Å². The van der Waals surface area contributed by atoms with E-state index in [9.17, 15) is 4.79 Å². The van der Waals surface area contributed by atoms with Crippen LogP contribution >= 0.6 is 11.6 Å². The van der Waals surface area contributed by atoms with E-state index in [1.807, 2.05) is 55.7 Å². The molecule has 0 unspecified atom stereocenters. The molecule has 1 aliphatic heterocycles. The van der Waals surface area contributed by atoms with Crippen LogP contribution in [0, 0.1) is 6.92 Å². The van der Waals surface area contributed by atoms with Crippen LogP contribution < -0.4 is 4.90 Å². The van der Waals surface area contributed by atoms with E-state index in [2.05, 4.69) is 20.2 Å². The Balaban J connectivity index is 1.27. The molecule has 0 spiro atoms. The molecule has 3 aromatic heterocycles. The number of pyridine rings is 1. The van der Waals surface area contributed by atoms with Crippen molar-refractivity contribution in [3.63, 3.8) is 0 Å². The fraction of sp³-hybridized carbons (Fsp3) is 0.375. The number of halogens is 1. The van der Waals surface area contributed by atoms with Gasteiger partial charge in [0.1, 0.15) is 5.15 Å². The second-order valence-electron chi connectivity index (χ2n) is 9.42. The van der Waals surface area contributed by atoms with Crippen LogP contribution in [0.3, 0.4) is 0 Å². The molecular formula is C24H25ClN6O3. The highest BCUT2D eigenvalue weighted by molar-refractivity contribution is 6.29. The Morgan fingerprint density at radius 2 is 1.76 bits per heavy atom. The van der Waals surface area contributed by atoms with Crippen LogP contribution in [0.4, 0.5) is 6.01 Å². The van der Waals surface area contributed by atoms with Crippen molar-refractivity contribution in [3.05, 3.63) is 52.5 Å². The first-order valence-corrected chi connectivity index (χ1v) is 11.5. The zero-order chi connectivity index (χ0) is 24.0. The van der Waals surface area contributed by atoms with Crippen molar-refractivity contribution in [2.45, 2.75) is 33.1 Å². The quantitative estimate of drug-likeness (QED) is 0.395. The van der Waals surface area contributed by atoms with Crippen molar-refractivity contribution in [1.82, 2.24) is 25.1 Å². The molecule has 1 fully saturated rings. The molecule has 5 rings (SSSR count). The number of benzene rings is 1. The maximum atomic E-state index is 13.1. The Morgan fingerprint density at radius 1 is 1.00 bits per heavy atom. The van der Waals surface area contributed by atoms with Crippen molar-refractivity contribution in [2.75, 3.05) is 31.1 Å². The number of hydrogen-bond acceptors (Lipinski definition) is 8. The number of oxazole rings is 1. The summed E-state index contributed by atoms with van der Waals surface area (Å²) in [6.07, 6.45) is 0. The third kappa shape index (κ3) is 4.23. The molecule has 0 N–H and O–H groups in total. The van der Waals surface area contributed by atoms with Gasteiger partial charge in [-0.05, 0) is 42.8 Å². The number of rotatable bonds is 3. The Kier molecular flexibility index (Phi) is 5.51. The van der Waals surface area contributed by atoms with Crippen LogP contribution in [0.5, 0.6) is 0 Å². The van der Waals surface area contributed by atoms with Crippen molar-refractivity contribution in [1.29, 1.82) is 0 Å². The monoisotopic (exact) mass is 480 g/mol. The molecule has 10 heteroatoms. The number of hydrogen-bond donors (Lipinski definition) is 0. The third-order valence-electron chi connectivity index (χ3n) is 5.82. The topological polar surface area (TPSA) is 101 Å². The molecule has 4 heterocycles. The first-order chi connectivity index (χ1) is 16.2. The van der Waals surface area contributed by atoms with Gasteiger partial charge in [0, 0.05) is 42.7 Å². The molecule has 0 radical (unpaired) electrons. The molecule has 1 aromatic carbocycles. The minimum atomic E-state index is -0.224. The van der Waals surface area contributed by atoms with E-state index < -0.39 is 0 Å². The molecule has 34 heavy (non-hydrogen) atoms. The molecule has 0 bridgehead atoms. The molecule has 0 aliphatic carbocycles. The third-order valence-corrected chi connectivity index (χ3v) is 6.03. The average Bonchev–Trinajstić information content (AvgIpc) is 3.46. The number of fused-ring (bicyclic) bond motifs is 1. The van der Waals surface area contributed by atoms with E-state index in [1.54, 1.807) is 12.1 Å². The minimum Gasteiger partial charge on any atom is -0.422 e. The van der Waals surface area contributed by atoms with E-state index >= 15 is 0 Å². The molecule has 1 saturated heterocycles. The molecule has 0 atom stereocenters. The molecule has 0 saturated carbocycles. The Morgan fingerprint density at radius 3 is 2.44 bits per heavy atom. The van der Waals surface area contributed by atoms with Gasteiger partial charge in [-0.15, -0.1) is 10.2 Å². The number of carbonyl (C=O) groups is 1. The highest BCUT2D eigenvalue weighted by Crippen LogP contribution is 2.28. The zero-order valence-electron chi connectivity index (χ0n) is 19.5. The van der Waals surface area contributed by atoms with Crippen LogP contribution in [0.15, 0.2) is 39.2 Å². The molecule has 9 nitrogen and oxygen atoms in total. The molecular weight excluding hydrogens is 456 g/mol. The van der Waals surface area contributed by atoms with Crippen molar-refractivity contribution in [3.8, 4) is 11.5 Å². The zero-order valence-corrected chi connectivity index (χ0v) is 20.3. The Bertz CT molecular complexity index is 1360. The van der Waals surface area contributed by atoms with Gasteiger partial charge in [0.15, 0.2) is 5.58 Å². The van der Waals surface area contributed by atoms with Gasteiger partial charge in [-0.25, -0.2) is 4.98 Å². The van der Waals surface area contributed by atoms with E-state index in [0.29, 0.717) is 65.9 Å². The van der Waals surface area contributed by atoms with Crippen LogP contribution in [-0.4, -0.2) is 57.2 Å². The Labute approximate surface area is 201 Å². The Hall–Kier alpha value is -3.46. The number of anilines is 1. The number of piperazine rings is 1. The fourth-order valence-electron chi connectivity index (χ4n) is 3.87. The van der Waals surface area contributed by atoms with E-state index in [0.717, 1.165) is 11.1 Å². The second-order valence-corrected chi connectivity index (χ2v) is 9.81. The standard InChI is InChI=1S/C24H25ClN6O3/c1-14-13-15(5-6-16(14)20-28-29-22(34-20)24(2,3)4)21(32)30-9-11-31(12-10-30)23-27-19-17(33-23)7-8-18(25)26-19/h5-8,13H,9-12H2,1-4H3. The largest absolute Gasteiger partial charge is 0.422 e. The number of aromatic nitrogens is 4. The summed E-state index contributed by atoms with van der Waals surface area (Å²) in [5.41, 5.74) is 3.21. The van der Waals surface area contributed by atoms with Gasteiger partial charge < -0.3 is 18.6 Å². The molecule has 176 valence electrons. The summed E-state index contributed by atoms with van der Waals surface area (Å²) in [4.78, 5) is 25.6. The molecule has 1 aliphatic rings. The first-order valence-electron chi connectivity index (χ1n) is 11.1. The maximum Gasteiger partial charge on any atom is 0.300 e. The van der Waals surface area contributed by atoms with Gasteiger partial charge >= 0.3 is 0 Å². The predicted octanol–water partition coefficient (Wildman–Crippen LogP) is 4.49. The van der Waals surface area contributed by atoms with Gasteiger partial charge in [-0.3, -0.25) is 4.79 Å². The molecule has 4 aromatic rings. The highest BCUT2D eigenvalue weighted by atomic mass is 35.5. The lowest BCUT2D eigenvalue weighted by Gasteiger charge is -2.33. The first kappa shape index (κ1) is 22.3. The number of nitrogens with zero attached hydrogens (tertiary/aromatic N) is 6. The average molecular weight is 481 g/mol. The normalized spacial score (nSPS) is 14.7. The smallest absolute Gasteiger partial charge is 0.300 e. The van der Waals surface area contributed by atoms with Gasteiger partial charge in [-0.2, -0.15) is 4.98 Å². The predicted molar refractivity (Wildman–Crippen MR) is 128 cm³/mol. The highest BCUT2D eigenvalue weighted by Gasteiger charge is 2.26. The summed E-state index contributed by atoms with van der Waals surface area (Å²) >= 11 is 5.94. The van der Waals surface area contributed by atoms with Crippen molar-refractivity contribution < 1.29 is 13.6 Å². The van der Waals surface area contributed by atoms with Gasteiger partial charge in [0.25, 0.3) is 11.9 Å². The summed E-state index contributed by atoms with van der Waals surface area (Å²) in [6, 6.07) is 9.48.